The zero-order chi connectivity index (χ0) is 21.1. The average Bonchev–Trinajstić information content (AvgIpc) is 3.36. The molecule has 9 nitrogen and oxygen atoms in total. The molecule has 0 spiro atoms. The van der Waals surface area contributed by atoms with Gasteiger partial charge in [-0.1, -0.05) is 41.0 Å². The molecule has 3 heterocycles. The third-order valence-corrected chi connectivity index (χ3v) is 6.07. The van der Waals surface area contributed by atoms with Crippen LogP contribution in [-0.4, -0.2) is 45.5 Å². The van der Waals surface area contributed by atoms with Crippen LogP contribution in [0, 0.1) is 0 Å². The van der Waals surface area contributed by atoms with Crippen molar-refractivity contribution in [3.63, 3.8) is 0 Å². The number of hydrogen-bond acceptors (Lipinski definition) is 8. The smallest absolute Gasteiger partial charge is 0.210 e. The summed E-state index contributed by atoms with van der Waals surface area (Å²) in [7, 11) is 0. The summed E-state index contributed by atoms with van der Waals surface area (Å²) in [6.07, 6.45) is 6.22. The van der Waals surface area contributed by atoms with Crippen LogP contribution in [0.3, 0.4) is 0 Å². The molecule has 0 aliphatic carbocycles. The monoisotopic (exact) mass is 462 g/mol. The molecule has 0 amide bonds. The van der Waals surface area contributed by atoms with Crippen molar-refractivity contribution in [3.8, 4) is 11.4 Å². The lowest BCUT2D eigenvalue weighted by Crippen LogP contribution is -2.35. The summed E-state index contributed by atoms with van der Waals surface area (Å²) in [4.78, 5) is 7.92. The van der Waals surface area contributed by atoms with E-state index in [0.717, 1.165) is 5.56 Å². The first-order chi connectivity index (χ1) is 14.5. The number of benzene rings is 1. The molecule has 4 rings (SSSR count). The first-order valence-electron chi connectivity index (χ1n) is 8.70. The Balaban J connectivity index is 1.62. The van der Waals surface area contributed by atoms with Crippen LogP contribution in [0.5, 0.6) is 0 Å². The molecule has 4 aromatic rings. The van der Waals surface area contributed by atoms with Gasteiger partial charge in [-0.25, -0.2) is 14.3 Å². The van der Waals surface area contributed by atoms with Gasteiger partial charge >= 0.3 is 0 Å². The summed E-state index contributed by atoms with van der Waals surface area (Å²) in [5.41, 5.74) is -0.109. The topological polar surface area (TPSA) is 121 Å². The molecule has 1 aromatic carbocycles. The highest BCUT2D eigenvalue weighted by Crippen LogP contribution is 2.36. The lowest BCUT2D eigenvalue weighted by molar-refractivity contribution is 0.0397. The Kier molecular flexibility index (Phi) is 5.91. The van der Waals surface area contributed by atoms with Crippen LogP contribution >= 0.6 is 35.0 Å². The normalized spacial score (nSPS) is 13.3. The fourth-order valence-electron chi connectivity index (χ4n) is 2.92. The van der Waals surface area contributed by atoms with Gasteiger partial charge in [0.2, 0.25) is 5.16 Å². The van der Waals surface area contributed by atoms with Gasteiger partial charge in [0, 0.05) is 39.3 Å². The van der Waals surface area contributed by atoms with Crippen LogP contribution in [0.15, 0.2) is 60.5 Å². The summed E-state index contributed by atoms with van der Waals surface area (Å²) in [6.45, 7) is 0.122. The Morgan fingerprint density at radius 2 is 1.90 bits per heavy atom. The molecule has 0 saturated heterocycles. The van der Waals surface area contributed by atoms with Gasteiger partial charge in [0.15, 0.2) is 5.82 Å². The predicted molar refractivity (Wildman–Crippen MR) is 115 cm³/mol. The fourth-order valence-corrected chi connectivity index (χ4v) is 4.44. The second-order valence-corrected chi connectivity index (χ2v) is 8.24. The number of halogens is 2. The molecule has 0 aliphatic rings. The average molecular weight is 463 g/mol. The van der Waals surface area contributed by atoms with Crippen LogP contribution in [0.2, 0.25) is 10.0 Å². The Bertz CT molecular complexity index is 1140. The van der Waals surface area contributed by atoms with E-state index < -0.39 is 5.60 Å². The minimum absolute atomic E-state index is 0.122. The summed E-state index contributed by atoms with van der Waals surface area (Å²) in [5, 5.41) is 25.2. The van der Waals surface area contributed by atoms with Crippen LogP contribution in [-0.2, 0) is 12.1 Å². The molecule has 1 atom stereocenters. The predicted octanol–water partition coefficient (Wildman–Crippen LogP) is 2.63. The first kappa shape index (κ1) is 20.6. The zero-order valence-electron chi connectivity index (χ0n) is 15.4. The minimum Gasteiger partial charge on any atom is -0.382 e. The van der Waals surface area contributed by atoms with Crippen LogP contribution in [0.25, 0.3) is 11.4 Å². The molecule has 1 unspecified atom stereocenters. The van der Waals surface area contributed by atoms with E-state index in [1.165, 1.54) is 33.8 Å². The standard InChI is InChI=1S/C18H16Cl2N8OS/c19-13-1-2-14(15(20)7-13)18(29,8-27-11-23-10-24-27)9-30-17-26-25-16(28(17)21)12-3-5-22-6-4-12/h1-7,10-11,29H,8-9,21H2. The second-order valence-electron chi connectivity index (χ2n) is 6.45. The maximum atomic E-state index is 11.6. The van der Waals surface area contributed by atoms with E-state index in [9.17, 15) is 5.11 Å². The van der Waals surface area contributed by atoms with Crippen molar-refractivity contribution >= 4 is 35.0 Å². The van der Waals surface area contributed by atoms with Crippen molar-refractivity contribution in [2.75, 3.05) is 11.6 Å². The number of nitrogens with zero attached hydrogens (tertiary/aromatic N) is 7. The van der Waals surface area contributed by atoms with Gasteiger partial charge in [0.25, 0.3) is 0 Å². The number of hydrogen-bond donors (Lipinski definition) is 2. The molecular formula is C18H16Cl2N8OS. The molecule has 30 heavy (non-hydrogen) atoms. The van der Waals surface area contributed by atoms with Crippen molar-refractivity contribution in [2.45, 2.75) is 17.3 Å². The quantitative estimate of drug-likeness (QED) is 0.317. The van der Waals surface area contributed by atoms with Gasteiger partial charge in [-0.05, 0) is 24.3 Å². The highest BCUT2D eigenvalue weighted by Gasteiger charge is 2.34. The van der Waals surface area contributed by atoms with E-state index in [1.54, 1.807) is 42.7 Å². The minimum atomic E-state index is -1.40. The molecule has 0 aliphatic heterocycles. The molecule has 154 valence electrons. The van der Waals surface area contributed by atoms with Gasteiger partial charge in [-0.3, -0.25) is 4.98 Å². The van der Waals surface area contributed by atoms with Gasteiger partial charge in [0.1, 0.15) is 18.3 Å². The van der Waals surface area contributed by atoms with Crippen molar-refractivity contribution < 1.29 is 5.11 Å². The van der Waals surface area contributed by atoms with Gasteiger partial charge < -0.3 is 10.9 Å². The molecule has 3 N–H and O–H groups in total. The Morgan fingerprint density at radius 1 is 1.10 bits per heavy atom. The van der Waals surface area contributed by atoms with E-state index in [2.05, 4.69) is 25.3 Å². The Hall–Kier alpha value is -2.66. The van der Waals surface area contributed by atoms with E-state index in [-0.39, 0.29) is 12.3 Å². The number of rotatable bonds is 7. The lowest BCUT2D eigenvalue weighted by Gasteiger charge is -2.29. The lowest BCUT2D eigenvalue weighted by atomic mass is 9.95. The van der Waals surface area contributed by atoms with E-state index in [4.69, 9.17) is 29.0 Å². The molecule has 3 aromatic heterocycles. The number of nitrogens with two attached hydrogens (primary N) is 1. The van der Waals surface area contributed by atoms with Gasteiger partial charge in [-0.15, -0.1) is 10.2 Å². The van der Waals surface area contributed by atoms with Crippen LogP contribution in [0.4, 0.5) is 0 Å². The van der Waals surface area contributed by atoms with E-state index in [0.29, 0.717) is 26.6 Å². The van der Waals surface area contributed by atoms with Crippen molar-refractivity contribution in [1.29, 1.82) is 0 Å². The summed E-state index contributed by atoms with van der Waals surface area (Å²) >= 11 is 13.7. The summed E-state index contributed by atoms with van der Waals surface area (Å²) < 4.78 is 2.90. The SMILES string of the molecule is Nn1c(SCC(O)(Cn2cncn2)c2ccc(Cl)cc2Cl)nnc1-c1ccncc1. The third kappa shape index (κ3) is 4.26. The number of aromatic nitrogens is 7. The highest BCUT2D eigenvalue weighted by molar-refractivity contribution is 7.99. The number of aliphatic hydroxyl groups is 1. The van der Waals surface area contributed by atoms with Crippen molar-refractivity contribution in [1.82, 2.24) is 34.6 Å². The number of thioether (sulfide) groups is 1. The number of pyridine rings is 1. The zero-order valence-corrected chi connectivity index (χ0v) is 17.8. The number of nitrogen functional groups attached to an aromatic ring is 1. The maximum absolute atomic E-state index is 11.6. The highest BCUT2D eigenvalue weighted by atomic mass is 35.5. The Labute approximate surface area is 185 Å². The summed E-state index contributed by atoms with van der Waals surface area (Å²) in [5.74, 6) is 6.86. The van der Waals surface area contributed by atoms with Crippen LogP contribution in [0.1, 0.15) is 5.56 Å². The summed E-state index contributed by atoms with van der Waals surface area (Å²) in [6, 6.07) is 8.53. The Morgan fingerprint density at radius 3 is 2.60 bits per heavy atom. The molecule has 0 saturated carbocycles. The van der Waals surface area contributed by atoms with Gasteiger partial charge in [-0.2, -0.15) is 5.10 Å². The molecule has 12 heteroatoms. The van der Waals surface area contributed by atoms with Crippen LogP contribution < -0.4 is 5.84 Å². The van der Waals surface area contributed by atoms with E-state index >= 15 is 0 Å². The fraction of sp³-hybridized carbons (Fsp3) is 0.167. The largest absolute Gasteiger partial charge is 0.382 e. The maximum Gasteiger partial charge on any atom is 0.210 e. The molecule has 0 fully saturated rings. The first-order valence-corrected chi connectivity index (χ1v) is 10.4. The van der Waals surface area contributed by atoms with Gasteiger partial charge in [0.05, 0.1) is 6.54 Å². The second kappa shape index (κ2) is 8.60. The molecular weight excluding hydrogens is 447 g/mol. The van der Waals surface area contributed by atoms with Crippen molar-refractivity contribution in [3.05, 3.63) is 71.0 Å². The molecule has 0 bridgehead atoms. The van der Waals surface area contributed by atoms with E-state index in [1.807, 2.05) is 0 Å². The molecule has 0 radical (unpaired) electrons. The third-order valence-electron chi connectivity index (χ3n) is 4.37. The van der Waals surface area contributed by atoms with Crippen molar-refractivity contribution in [2.24, 2.45) is 0 Å².